The minimum Gasteiger partial charge on any atom is -0.481 e. The molecule has 1 rings (SSSR count). The van der Waals surface area contributed by atoms with Gasteiger partial charge in [0.25, 0.3) is 0 Å². The Balaban J connectivity index is 2.67. The maximum Gasteiger partial charge on any atom is 0.310 e. The predicted molar refractivity (Wildman–Crippen MR) is 83.1 cm³/mol. The number of nitrogens with zero attached hydrogens (tertiary/aromatic N) is 2. The molecule has 5 heteroatoms. The van der Waals surface area contributed by atoms with Crippen molar-refractivity contribution in [3.63, 3.8) is 0 Å². The number of likely N-dealkylation sites (N-methyl/N-ethyl adjacent to an activating group) is 1. The number of hydrogen-bond acceptors (Lipinski definition) is 3. The lowest BCUT2D eigenvalue weighted by Gasteiger charge is -2.31. The number of hydrogen-bond donors (Lipinski definition) is 1. The Kier molecular flexibility index (Phi) is 6.20. The Morgan fingerprint density at radius 3 is 2.33 bits per heavy atom. The highest BCUT2D eigenvalue weighted by molar-refractivity contribution is 5.85. The van der Waals surface area contributed by atoms with Gasteiger partial charge in [-0.2, -0.15) is 0 Å². The van der Waals surface area contributed by atoms with E-state index < -0.39 is 11.4 Å². The highest BCUT2D eigenvalue weighted by Crippen LogP contribution is 2.32. The van der Waals surface area contributed by atoms with E-state index in [1.807, 2.05) is 18.7 Å². The van der Waals surface area contributed by atoms with Crippen molar-refractivity contribution in [2.45, 2.75) is 53.5 Å². The first kappa shape index (κ1) is 18.0. The summed E-state index contributed by atoms with van der Waals surface area (Å²) < 4.78 is 0. The van der Waals surface area contributed by atoms with Crippen LogP contribution < -0.4 is 0 Å². The van der Waals surface area contributed by atoms with Crippen molar-refractivity contribution in [1.82, 2.24) is 9.80 Å². The van der Waals surface area contributed by atoms with Crippen LogP contribution in [0.4, 0.5) is 0 Å². The normalized spacial score (nSPS) is 21.9. The van der Waals surface area contributed by atoms with Crippen molar-refractivity contribution in [3.05, 3.63) is 0 Å². The topological polar surface area (TPSA) is 60.9 Å². The fourth-order valence-corrected chi connectivity index (χ4v) is 2.96. The second-order valence-corrected chi connectivity index (χ2v) is 6.56. The van der Waals surface area contributed by atoms with E-state index in [2.05, 4.69) is 18.7 Å². The van der Waals surface area contributed by atoms with Crippen molar-refractivity contribution in [1.29, 1.82) is 0 Å². The van der Waals surface area contributed by atoms with E-state index in [-0.39, 0.29) is 18.2 Å². The lowest BCUT2D eigenvalue weighted by Crippen LogP contribution is -2.42. The van der Waals surface area contributed by atoms with E-state index in [0.717, 1.165) is 32.6 Å². The van der Waals surface area contributed by atoms with Gasteiger partial charge in [0.05, 0.1) is 5.41 Å². The molecule has 1 amide bonds. The summed E-state index contributed by atoms with van der Waals surface area (Å²) in [7, 11) is 0. The van der Waals surface area contributed by atoms with Crippen molar-refractivity contribution in [3.8, 4) is 0 Å². The van der Waals surface area contributed by atoms with Crippen LogP contribution in [0.3, 0.4) is 0 Å². The van der Waals surface area contributed by atoms with E-state index in [1.165, 1.54) is 0 Å². The van der Waals surface area contributed by atoms with Crippen LogP contribution in [0.25, 0.3) is 0 Å². The molecule has 0 bridgehead atoms. The van der Waals surface area contributed by atoms with E-state index in [1.54, 1.807) is 6.92 Å². The fraction of sp³-hybridized carbons (Fsp3) is 0.875. The third kappa shape index (κ3) is 3.96. The second kappa shape index (κ2) is 7.25. The van der Waals surface area contributed by atoms with E-state index >= 15 is 0 Å². The molecule has 5 nitrogen and oxygen atoms in total. The molecule has 1 aliphatic rings. The molecule has 0 spiro atoms. The monoisotopic (exact) mass is 298 g/mol. The van der Waals surface area contributed by atoms with Gasteiger partial charge in [-0.15, -0.1) is 0 Å². The van der Waals surface area contributed by atoms with Crippen molar-refractivity contribution in [2.24, 2.45) is 11.3 Å². The van der Waals surface area contributed by atoms with Crippen LogP contribution in [-0.4, -0.2) is 59.0 Å². The van der Waals surface area contributed by atoms with E-state index in [4.69, 9.17) is 0 Å². The molecule has 0 aromatic rings. The third-order valence-corrected chi connectivity index (χ3v) is 5.13. The molecule has 0 aliphatic carbocycles. The van der Waals surface area contributed by atoms with Crippen LogP contribution in [0.1, 0.15) is 47.5 Å². The molecule has 1 aliphatic heterocycles. The van der Waals surface area contributed by atoms with Gasteiger partial charge >= 0.3 is 5.97 Å². The zero-order valence-electron chi connectivity index (χ0n) is 14.1. The SMILES string of the molecule is CCN(CC)C1CCN(C(=O)CC(C)(C(=O)O)C(C)C)C1. The molecule has 1 saturated heterocycles. The van der Waals surface area contributed by atoms with Crippen LogP contribution in [-0.2, 0) is 9.59 Å². The van der Waals surface area contributed by atoms with Gasteiger partial charge in [-0.25, -0.2) is 0 Å². The molecular weight excluding hydrogens is 268 g/mol. The van der Waals surface area contributed by atoms with Gasteiger partial charge in [-0.05, 0) is 32.4 Å². The molecule has 1 fully saturated rings. The molecular formula is C16H30N2O3. The summed E-state index contributed by atoms with van der Waals surface area (Å²) in [6, 6.07) is 0.416. The Bertz CT molecular complexity index is 380. The molecule has 0 saturated carbocycles. The van der Waals surface area contributed by atoms with Crippen molar-refractivity contribution < 1.29 is 14.7 Å². The molecule has 2 unspecified atom stereocenters. The van der Waals surface area contributed by atoms with Gasteiger partial charge < -0.3 is 10.0 Å². The highest BCUT2D eigenvalue weighted by atomic mass is 16.4. The van der Waals surface area contributed by atoms with Gasteiger partial charge in [-0.3, -0.25) is 14.5 Å². The van der Waals surface area contributed by atoms with Crippen molar-refractivity contribution >= 4 is 11.9 Å². The first-order valence-corrected chi connectivity index (χ1v) is 8.01. The first-order chi connectivity index (χ1) is 9.76. The van der Waals surface area contributed by atoms with Crippen LogP contribution in [0, 0.1) is 11.3 Å². The Morgan fingerprint density at radius 1 is 1.33 bits per heavy atom. The average molecular weight is 298 g/mol. The summed E-state index contributed by atoms with van der Waals surface area (Å²) in [5, 5.41) is 9.43. The minimum absolute atomic E-state index is 0.0248. The number of carbonyl (C=O) groups is 2. The zero-order chi connectivity index (χ0) is 16.2. The van der Waals surface area contributed by atoms with Gasteiger partial charge in [0.15, 0.2) is 0 Å². The maximum atomic E-state index is 12.5. The number of likely N-dealkylation sites (tertiary alicyclic amines) is 1. The quantitative estimate of drug-likeness (QED) is 0.781. The van der Waals surface area contributed by atoms with E-state index in [9.17, 15) is 14.7 Å². The standard InChI is InChI=1S/C16H30N2O3/c1-6-17(7-2)13-8-9-18(11-13)14(19)10-16(5,12(3)4)15(20)21/h12-13H,6-11H2,1-5H3,(H,20,21). The number of carbonyl (C=O) groups excluding carboxylic acids is 1. The molecule has 21 heavy (non-hydrogen) atoms. The van der Waals surface area contributed by atoms with Crippen LogP contribution in [0.15, 0.2) is 0 Å². The summed E-state index contributed by atoms with van der Waals surface area (Å²) in [5.41, 5.74) is -0.982. The van der Waals surface area contributed by atoms with Gasteiger partial charge in [0.2, 0.25) is 5.91 Å². The summed E-state index contributed by atoms with van der Waals surface area (Å²) >= 11 is 0. The Morgan fingerprint density at radius 2 is 1.90 bits per heavy atom. The Hall–Kier alpha value is -1.10. The largest absolute Gasteiger partial charge is 0.481 e. The maximum absolute atomic E-state index is 12.5. The molecule has 1 N–H and O–H groups in total. The molecule has 0 aromatic heterocycles. The molecule has 122 valence electrons. The average Bonchev–Trinajstić information content (AvgIpc) is 2.89. The van der Waals surface area contributed by atoms with Gasteiger partial charge in [-0.1, -0.05) is 27.7 Å². The summed E-state index contributed by atoms with van der Waals surface area (Å²) in [4.78, 5) is 28.2. The molecule has 0 aromatic carbocycles. The number of rotatable bonds is 7. The summed E-state index contributed by atoms with van der Waals surface area (Å²) in [5.74, 6) is -0.978. The van der Waals surface area contributed by atoms with E-state index in [0.29, 0.717) is 6.04 Å². The second-order valence-electron chi connectivity index (χ2n) is 6.56. The highest BCUT2D eigenvalue weighted by Gasteiger charge is 2.41. The Labute approximate surface area is 128 Å². The summed E-state index contributed by atoms with van der Waals surface area (Å²) in [6.45, 7) is 13.1. The number of amides is 1. The number of carboxylic acids is 1. The first-order valence-electron chi connectivity index (χ1n) is 8.01. The van der Waals surface area contributed by atoms with Gasteiger partial charge in [0, 0.05) is 25.6 Å². The van der Waals surface area contributed by atoms with Crippen LogP contribution in [0.5, 0.6) is 0 Å². The molecule has 0 radical (unpaired) electrons. The van der Waals surface area contributed by atoms with Crippen LogP contribution >= 0.6 is 0 Å². The smallest absolute Gasteiger partial charge is 0.310 e. The third-order valence-electron chi connectivity index (χ3n) is 5.13. The lowest BCUT2D eigenvalue weighted by atomic mass is 9.76. The summed E-state index contributed by atoms with van der Waals surface area (Å²) in [6.07, 6.45) is 1.07. The minimum atomic E-state index is -0.982. The van der Waals surface area contributed by atoms with Crippen LogP contribution in [0.2, 0.25) is 0 Å². The fourth-order valence-electron chi connectivity index (χ4n) is 2.96. The molecule has 1 heterocycles. The lowest BCUT2D eigenvalue weighted by molar-refractivity contribution is -0.155. The predicted octanol–water partition coefficient (Wildman–Crippen LogP) is 2.07. The molecule has 2 atom stereocenters. The zero-order valence-corrected chi connectivity index (χ0v) is 14.1. The number of aliphatic carboxylic acids is 1. The van der Waals surface area contributed by atoms with Crippen molar-refractivity contribution in [2.75, 3.05) is 26.2 Å². The van der Waals surface area contributed by atoms with Gasteiger partial charge in [0.1, 0.15) is 0 Å². The number of carboxylic acid groups (broad SMARTS) is 1.